The predicted molar refractivity (Wildman–Crippen MR) is 57.9 cm³/mol. The molecule has 2 N–H and O–H groups in total. The number of nitrogens with zero attached hydrogens (tertiary/aromatic N) is 1. The average Bonchev–Trinajstić information content (AvgIpc) is 2.50. The minimum Gasteiger partial charge on any atom is -0.322 e. The third-order valence-corrected chi connectivity index (χ3v) is 3.00. The number of aryl methyl sites for hydroxylation is 1. The van der Waals surface area contributed by atoms with Crippen LogP contribution in [0.2, 0.25) is 0 Å². The molecule has 0 radical (unpaired) electrons. The molecule has 0 fully saturated rings. The highest BCUT2D eigenvalue weighted by Crippen LogP contribution is 2.22. The molecular weight excluding hydrogens is 180 g/mol. The molecule has 74 valence electrons. The van der Waals surface area contributed by atoms with Gasteiger partial charge >= 0.3 is 0 Å². The largest absolute Gasteiger partial charge is 0.322 e. The van der Waals surface area contributed by atoms with Gasteiger partial charge in [0.15, 0.2) is 0 Å². The van der Waals surface area contributed by atoms with Gasteiger partial charge in [-0.05, 0) is 18.8 Å². The second-order valence-corrected chi connectivity index (χ2v) is 4.66. The quantitative estimate of drug-likeness (QED) is 0.808. The molecule has 0 spiro atoms. The Labute approximate surface area is 84.2 Å². The topological polar surface area (TPSA) is 38.9 Å². The zero-order valence-corrected chi connectivity index (χ0v) is 9.40. The molecule has 0 aliphatic heterocycles. The van der Waals surface area contributed by atoms with Gasteiger partial charge in [0.1, 0.15) is 5.01 Å². The molecule has 0 saturated heterocycles. The standard InChI is InChI=1S/C10H18N2S/c1-4-8-6-13-10(12-8)9(11)5-7(2)3/h6-7,9H,4-5,11H2,1-3H3. The predicted octanol–water partition coefficient (Wildman–Crippen LogP) is 2.75. The highest BCUT2D eigenvalue weighted by atomic mass is 32.1. The van der Waals surface area contributed by atoms with Gasteiger partial charge in [0.05, 0.1) is 11.7 Å². The van der Waals surface area contributed by atoms with Gasteiger partial charge in [-0.3, -0.25) is 0 Å². The van der Waals surface area contributed by atoms with Crippen molar-refractivity contribution in [1.82, 2.24) is 4.98 Å². The summed E-state index contributed by atoms with van der Waals surface area (Å²) in [6, 6.07) is 0.130. The van der Waals surface area contributed by atoms with Crippen LogP contribution in [0.15, 0.2) is 5.38 Å². The molecule has 2 nitrogen and oxygen atoms in total. The fourth-order valence-corrected chi connectivity index (χ4v) is 2.18. The van der Waals surface area contributed by atoms with E-state index in [1.165, 1.54) is 5.69 Å². The van der Waals surface area contributed by atoms with Crippen molar-refractivity contribution in [3.63, 3.8) is 0 Å². The van der Waals surface area contributed by atoms with Gasteiger partial charge in [-0.1, -0.05) is 20.8 Å². The number of hydrogen-bond acceptors (Lipinski definition) is 3. The maximum Gasteiger partial charge on any atom is 0.110 e. The van der Waals surface area contributed by atoms with Crippen molar-refractivity contribution in [1.29, 1.82) is 0 Å². The molecule has 1 aromatic rings. The molecule has 0 saturated carbocycles. The minimum absolute atomic E-state index is 0.130. The third kappa shape index (κ3) is 3.08. The van der Waals surface area contributed by atoms with Crippen LogP contribution in [0.4, 0.5) is 0 Å². The Morgan fingerprint density at radius 3 is 2.69 bits per heavy atom. The Balaban J connectivity index is 2.60. The Kier molecular flexibility index (Phi) is 3.88. The second kappa shape index (κ2) is 4.72. The molecule has 13 heavy (non-hydrogen) atoms. The van der Waals surface area contributed by atoms with Crippen LogP contribution in [0.1, 0.15) is 43.9 Å². The van der Waals surface area contributed by atoms with E-state index in [0.29, 0.717) is 5.92 Å². The Morgan fingerprint density at radius 2 is 2.23 bits per heavy atom. The summed E-state index contributed by atoms with van der Waals surface area (Å²) < 4.78 is 0. The van der Waals surface area contributed by atoms with Crippen LogP contribution in [0, 0.1) is 5.92 Å². The van der Waals surface area contributed by atoms with Gasteiger partial charge in [0.2, 0.25) is 0 Å². The highest BCUT2D eigenvalue weighted by Gasteiger charge is 2.11. The monoisotopic (exact) mass is 198 g/mol. The van der Waals surface area contributed by atoms with Crippen molar-refractivity contribution in [3.8, 4) is 0 Å². The summed E-state index contributed by atoms with van der Waals surface area (Å²) in [5.74, 6) is 0.643. The molecule has 1 rings (SSSR count). The Hall–Kier alpha value is -0.410. The molecular formula is C10H18N2S. The molecule has 0 bridgehead atoms. The van der Waals surface area contributed by atoms with E-state index in [1.54, 1.807) is 11.3 Å². The van der Waals surface area contributed by atoms with E-state index < -0.39 is 0 Å². The van der Waals surface area contributed by atoms with E-state index in [0.717, 1.165) is 17.8 Å². The van der Waals surface area contributed by atoms with Crippen LogP contribution >= 0.6 is 11.3 Å². The lowest BCUT2D eigenvalue weighted by atomic mass is 10.1. The summed E-state index contributed by atoms with van der Waals surface area (Å²) in [6.07, 6.45) is 2.03. The molecule has 0 aliphatic carbocycles. The number of thiazole rings is 1. The van der Waals surface area contributed by atoms with Crippen LogP contribution in [-0.2, 0) is 6.42 Å². The minimum atomic E-state index is 0.130. The number of nitrogens with two attached hydrogens (primary N) is 1. The average molecular weight is 198 g/mol. The zero-order valence-electron chi connectivity index (χ0n) is 8.58. The summed E-state index contributed by atoms with van der Waals surface area (Å²) in [6.45, 7) is 6.50. The van der Waals surface area contributed by atoms with Gasteiger partial charge in [-0.25, -0.2) is 4.98 Å². The fourth-order valence-electron chi connectivity index (χ4n) is 1.26. The first-order chi connectivity index (χ1) is 6.13. The van der Waals surface area contributed by atoms with Gasteiger partial charge in [-0.2, -0.15) is 0 Å². The first kappa shape index (κ1) is 10.7. The van der Waals surface area contributed by atoms with Crippen LogP contribution in [-0.4, -0.2) is 4.98 Å². The van der Waals surface area contributed by atoms with E-state index in [-0.39, 0.29) is 6.04 Å². The summed E-state index contributed by atoms with van der Waals surface area (Å²) >= 11 is 1.69. The van der Waals surface area contributed by atoms with Crippen LogP contribution in [0.25, 0.3) is 0 Å². The van der Waals surface area contributed by atoms with Crippen molar-refractivity contribution in [3.05, 3.63) is 16.1 Å². The van der Waals surface area contributed by atoms with Gasteiger partial charge in [-0.15, -0.1) is 11.3 Å². The zero-order chi connectivity index (χ0) is 9.84. The van der Waals surface area contributed by atoms with E-state index in [2.05, 4.69) is 31.1 Å². The van der Waals surface area contributed by atoms with E-state index in [9.17, 15) is 0 Å². The van der Waals surface area contributed by atoms with E-state index in [4.69, 9.17) is 5.73 Å². The van der Waals surface area contributed by atoms with E-state index in [1.807, 2.05) is 0 Å². The first-order valence-electron chi connectivity index (χ1n) is 4.83. The molecule has 3 heteroatoms. The molecule has 1 atom stereocenters. The van der Waals surface area contributed by atoms with Crippen LogP contribution in [0.5, 0.6) is 0 Å². The lowest BCUT2D eigenvalue weighted by molar-refractivity contribution is 0.508. The first-order valence-corrected chi connectivity index (χ1v) is 5.71. The van der Waals surface area contributed by atoms with Crippen molar-refractivity contribution >= 4 is 11.3 Å². The van der Waals surface area contributed by atoms with Crippen molar-refractivity contribution in [2.75, 3.05) is 0 Å². The van der Waals surface area contributed by atoms with E-state index >= 15 is 0 Å². The second-order valence-electron chi connectivity index (χ2n) is 3.77. The molecule has 1 heterocycles. The van der Waals surface area contributed by atoms with Crippen molar-refractivity contribution in [2.45, 2.75) is 39.7 Å². The van der Waals surface area contributed by atoms with Gasteiger partial charge in [0, 0.05) is 5.38 Å². The fraction of sp³-hybridized carbons (Fsp3) is 0.700. The highest BCUT2D eigenvalue weighted by molar-refractivity contribution is 7.09. The Bertz CT molecular complexity index is 255. The molecule has 0 amide bonds. The normalized spacial score (nSPS) is 13.6. The molecule has 1 unspecified atom stereocenters. The van der Waals surface area contributed by atoms with Crippen molar-refractivity contribution < 1.29 is 0 Å². The molecule has 0 aliphatic rings. The van der Waals surface area contributed by atoms with Crippen LogP contribution in [0.3, 0.4) is 0 Å². The van der Waals surface area contributed by atoms with Crippen LogP contribution < -0.4 is 5.73 Å². The maximum absolute atomic E-state index is 6.01. The summed E-state index contributed by atoms with van der Waals surface area (Å²) in [5, 5.41) is 3.20. The lowest BCUT2D eigenvalue weighted by Crippen LogP contribution is -2.12. The molecule has 1 aromatic heterocycles. The molecule has 0 aromatic carbocycles. The van der Waals surface area contributed by atoms with Crippen molar-refractivity contribution in [2.24, 2.45) is 11.7 Å². The van der Waals surface area contributed by atoms with Gasteiger partial charge in [0.25, 0.3) is 0 Å². The summed E-state index contributed by atoms with van der Waals surface area (Å²) in [5.41, 5.74) is 7.18. The lowest BCUT2D eigenvalue weighted by Gasteiger charge is -2.10. The Morgan fingerprint density at radius 1 is 1.54 bits per heavy atom. The van der Waals surface area contributed by atoms with Gasteiger partial charge < -0.3 is 5.73 Å². The maximum atomic E-state index is 6.01. The smallest absolute Gasteiger partial charge is 0.110 e. The third-order valence-electron chi connectivity index (χ3n) is 1.97. The number of rotatable bonds is 4. The number of aromatic nitrogens is 1. The number of hydrogen-bond donors (Lipinski definition) is 1. The SMILES string of the molecule is CCc1csc(C(N)CC(C)C)n1. The summed E-state index contributed by atoms with van der Waals surface area (Å²) in [4.78, 5) is 4.48. The summed E-state index contributed by atoms with van der Waals surface area (Å²) in [7, 11) is 0.